The first-order valence-electron chi connectivity index (χ1n) is 5.18. The highest BCUT2D eigenvalue weighted by Gasteiger charge is 2.08. The van der Waals surface area contributed by atoms with Crippen molar-refractivity contribution in [1.82, 2.24) is 0 Å². The number of aldehydes is 1. The Bertz CT molecular complexity index is 366. The maximum Gasteiger partial charge on any atom is 0.152 e. The molecule has 1 atom stereocenters. The van der Waals surface area contributed by atoms with Gasteiger partial charge in [-0.2, -0.15) is 0 Å². The van der Waals surface area contributed by atoms with Crippen molar-refractivity contribution < 1.29 is 9.90 Å². The Hall–Kier alpha value is -0.870. The van der Waals surface area contributed by atoms with Crippen LogP contribution in [0.2, 0.25) is 0 Å². The molecule has 1 aromatic rings. The maximum atomic E-state index is 10.9. The van der Waals surface area contributed by atoms with Crippen molar-refractivity contribution in [1.29, 1.82) is 0 Å². The molecule has 0 aliphatic rings. The van der Waals surface area contributed by atoms with E-state index in [4.69, 9.17) is 0 Å². The van der Waals surface area contributed by atoms with Gasteiger partial charge in [-0.05, 0) is 31.5 Å². The standard InChI is InChI=1S/C12H16BrNO2/c1-9(16)5-6-14(2)12-4-3-11(13)7-10(12)8-15/h3-4,7-9,16H,5-6H2,1-2H3. The molecule has 0 saturated carbocycles. The fourth-order valence-electron chi connectivity index (χ4n) is 1.47. The van der Waals surface area contributed by atoms with Crippen LogP contribution < -0.4 is 4.90 Å². The van der Waals surface area contributed by atoms with Crippen LogP contribution >= 0.6 is 15.9 Å². The predicted molar refractivity (Wildman–Crippen MR) is 69.1 cm³/mol. The van der Waals surface area contributed by atoms with Gasteiger partial charge in [0.25, 0.3) is 0 Å². The minimum absolute atomic E-state index is 0.322. The second-order valence-corrected chi connectivity index (χ2v) is 4.80. The molecule has 0 fully saturated rings. The third-order valence-corrected chi connectivity index (χ3v) is 2.90. The van der Waals surface area contributed by atoms with Gasteiger partial charge in [-0.15, -0.1) is 0 Å². The van der Waals surface area contributed by atoms with Gasteiger partial charge in [-0.1, -0.05) is 15.9 Å². The third-order valence-electron chi connectivity index (χ3n) is 2.41. The molecule has 4 heteroatoms. The van der Waals surface area contributed by atoms with Crippen molar-refractivity contribution in [3.63, 3.8) is 0 Å². The minimum atomic E-state index is -0.322. The van der Waals surface area contributed by atoms with Crippen molar-refractivity contribution in [2.75, 3.05) is 18.5 Å². The van der Waals surface area contributed by atoms with E-state index >= 15 is 0 Å². The molecule has 16 heavy (non-hydrogen) atoms. The second kappa shape index (κ2) is 6.01. The number of nitrogens with zero attached hydrogens (tertiary/aromatic N) is 1. The highest BCUT2D eigenvalue weighted by molar-refractivity contribution is 9.10. The number of hydrogen-bond acceptors (Lipinski definition) is 3. The van der Waals surface area contributed by atoms with Crippen LogP contribution in [-0.4, -0.2) is 31.1 Å². The zero-order chi connectivity index (χ0) is 12.1. The van der Waals surface area contributed by atoms with E-state index in [-0.39, 0.29) is 6.10 Å². The molecular weight excluding hydrogens is 270 g/mol. The Kier molecular flexibility index (Phi) is 4.96. The molecular formula is C12H16BrNO2. The van der Waals surface area contributed by atoms with E-state index in [0.29, 0.717) is 12.0 Å². The number of aliphatic hydroxyl groups is 1. The molecule has 88 valence electrons. The van der Waals surface area contributed by atoms with Crippen LogP contribution in [0.1, 0.15) is 23.7 Å². The van der Waals surface area contributed by atoms with E-state index < -0.39 is 0 Å². The first kappa shape index (κ1) is 13.2. The summed E-state index contributed by atoms with van der Waals surface area (Å²) in [6.07, 6.45) is 1.21. The van der Waals surface area contributed by atoms with Crippen LogP contribution in [-0.2, 0) is 0 Å². The Balaban J connectivity index is 2.81. The summed E-state index contributed by atoms with van der Waals surface area (Å²) in [6.45, 7) is 2.48. The highest BCUT2D eigenvalue weighted by atomic mass is 79.9. The fraction of sp³-hybridized carbons (Fsp3) is 0.417. The lowest BCUT2D eigenvalue weighted by molar-refractivity contribution is 0.112. The predicted octanol–water partition coefficient (Wildman–Crippen LogP) is 2.47. The molecule has 1 aromatic carbocycles. The molecule has 1 unspecified atom stereocenters. The van der Waals surface area contributed by atoms with E-state index in [1.165, 1.54) is 0 Å². The molecule has 0 aromatic heterocycles. The number of carbonyl (C=O) groups is 1. The van der Waals surface area contributed by atoms with E-state index in [0.717, 1.165) is 23.0 Å². The smallest absolute Gasteiger partial charge is 0.152 e. The fourth-order valence-corrected chi connectivity index (χ4v) is 1.85. The van der Waals surface area contributed by atoms with Crippen molar-refractivity contribution in [3.8, 4) is 0 Å². The first-order chi connectivity index (χ1) is 7.54. The maximum absolute atomic E-state index is 10.9. The summed E-state index contributed by atoms with van der Waals surface area (Å²) in [6, 6.07) is 5.60. The summed E-state index contributed by atoms with van der Waals surface area (Å²) >= 11 is 3.33. The molecule has 3 nitrogen and oxygen atoms in total. The number of hydrogen-bond donors (Lipinski definition) is 1. The number of carbonyl (C=O) groups excluding carboxylic acids is 1. The number of benzene rings is 1. The van der Waals surface area contributed by atoms with Crippen LogP contribution in [0.25, 0.3) is 0 Å². The van der Waals surface area contributed by atoms with Crippen LogP contribution in [0.3, 0.4) is 0 Å². The monoisotopic (exact) mass is 285 g/mol. The molecule has 1 rings (SSSR count). The quantitative estimate of drug-likeness (QED) is 0.845. The van der Waals surface area contributed by atoms with E-state index in [1.807, 2.05) is 24.1 Å². The van der Waals surface area contributed by atoms with E-state index in [2.05, 4.69) is 15.9 Å². The lowest BCUT2D eigenvalue weighted by Crippen LogP contribution is -2.22. The van der Waals surface area contributed by atoms with Crippen molar-refractivity contribution in [2.24, 2.45) is 0 Å². The normalized spacial score (nSPS) is 12.2. The lowest BCUT2D eigenvalue weighted by Gasteiger charge is -2.21. The lowest BCUT2D eigenvalue weighted by atomic mass is 10.1. The van der Waals surface area contributed by atoms with Gasteiger partial charge in [0, 0.05) is 29.3 Å². The van der Waals surface area contributed by atoms with Gasteiger partial charge in [0.05, 0.1) is 6.10 Å². The molecule has 0 spiro atoms. The van der Waals surface area contributed by atoms with Gasteiger partial charge in [0.2, 0.25) is 0 Å². The summed E-state index contributed by atoms with van der Waals surface area (Å²) in [7, 11) is 1.92. The Morgan fingerprint density at radius 2 is 2.25 bits per heavy atom. The third kappa shape index (κ3) is 3.61. The highest BCUT2D eigenvalue weighted by Crippen LogP contribution is 2.22. The van der Waals surface area contributed by atoms with Gasteiger partial charge in [0.15, 0.2) is 6.29 Å². The number of anilines is 1. The minimum Gasteiger partial charge on any atom is -0.393 e. The van der Waals surface area contributed by atoms with E-state index in [9.17, 15) is 9.90 Å². The molecule has 0 radical (unpaired) electrons. The summed E-state index contributed by atoms with van der Waals surface area (Å²) < 4.78 is 0.891. The number of halogens is 1. The van der Waals surface area contributed by atoms with Gasteiger partial charge >= 0.3 is 0 Å². The Morgan fingerprint density at radius 1 is 1.56 bits per heavy atom. The van der Waals surface area contributed by atoms with Crippen molar-refractivity contribution in [3.05, 3.63) is 28.2 Å². The topological polar surface area (TPSA) is 40.5 Å². The van der Waals surface area contributed by atoms with Crippen LogP contribution in [0.15, 0.2) is 22.7 Å². The SMILES string of the molecule is CC(O)CCN(C)c1ccc(Br)cc1C=O. The van der Waals surface area contributed by atoms with E-state index in [1.54, 1.807) is 13.0 Å². The zero-order valence-electron chi connectivity index (χ0n) is 9.48. The Morgan fingerprint density at radius 3 is 2.81 bits per heavy atom. The van der Waals surface area contributed by atoms with Gasteiger partial charge in [-0.25, -0.2) is 0 Å². The molecule has 0 aliphatic heterocycles. The Labute approximate surface area is 104 Å². The first-order valence-corrected chi connectivity index (χ1v) is 5.98. The molecule has 0 amide bonds. The molecule has 0 aliphatic carbocycles. The average Bonchev–Trinajstić information content (AvgIpc) is 2.25. The molecule has 0 saturated heterocycles. The largest absolute Gasteiger partial charge is 0.393 e. The average molecular weight is 286 g/mol. The molecule has 0 bridgehead atoms. The molecule has 1 N–H and O–H groups in total. The summed E-state index contributed by atoms with van der Waals surface area (Å²) in [4.78, 5) is 12.9. The summed E-state index contributed by atoms with van der Waals surface area (Å²) in [5, 5.41) is 9.22. The van der Waals surface area contributed by atoms with Crippen molar-refractivity contribution >= 4 is 27.9 Å². The van der Waals surface area contributed by atoms with Gasteiger partial charge < -0.3 is 10.0 Å². The van der Waals surface area contributed by atoms with Crippen molar-refractivity contribution in [2.45, 2.75) is 19.4 Å². The number of rotatable bonds is 5. The van der Waals surface area contributed by atoms with Crippen LogP contribution in [0, 0.1) is 0 Å². The summed E-state index contributed by atoms with van der Waals surface area (Å²) in [5.41, 5.74) is 1.54. The zero-order valence-corrected chi connectivity index (χ0v) is 11.1. The van der Waals surface area contributed by atoms with Crippen LogP contribution in [0.5, 0.6) is 0 Å². The molecule has 0 heterocycles. The summed E-state index contributed by atoms with van der Waals surface area (Å²) in [5.74, 6) is 0. The second-order valence-electron chi connectivity index (χ2n) is 3.88. The number of aliphatic hydroxyl groups excluding tert-OH is 1. The van der Waals surface area contributed by atoms with Gasteiger partial charge in [0.1, 0.15) is 0 Å². The van der Waals surface area contributed by atoms with Crippen LogP contribution in [0.4, 0.5) is 5.69 Å². The van der Waals surface area contributed by atoms with Gasteiger partial charge in [-0.3, -0.25) is 4.79 Å².